The fourth-order valence-electron chi connectivity index (χ4n) is 3.05. The molecule has 5 heteroatoms. The van der Waals surface area contributed by atoms with E-state index in [9.17, 15) is 18.5 Å². The molecule has 0 radical (unpaired) electrons. The summed E-state index contributed by atoms with van der Waals surface area (Å²) in [6.07, 6.45) is 3.29. The molecule has 3 rings (SSSR count). The van der Waals surface area contributed by atoms with Crippen molar-refractivity contribution in [2.24, 2.45) is 0 Å². The average Bonchev–Trinajstić information content (AvgIpc) is 2.80. The molecule has 0 saturated carbocycles. The number of carbonyl (C=O) groups excluding carboxylic acids is 1. The van der Waals surface area contributed by atoms with Crippen LogP contribution in [-0.2, 0) is 15.6 Å². The summed E-state index contributed by atoms with van der Waals surface area (Å²) >= 11 is 0. The van der Waals surface area contributed by atoms with Crippen molar-refractivity contribution in [3.63, 3.8) is 0 Å². The highest BCUT2D eigenvalue weighted by Gasteiger charge is 2.24. The molecule has 0 heterocycles. The molecule has 128 valence electrons. The van der Waals surface area contributed by atoms with E-state index < -0.39 is 22.6 Å². The van der Waals surface area contributed by atoms with E-state index in [-0.39, 0.29) is 6.42 Å². The van der Waals surface area contributed by atoms with Gasteiger partial charge in [-0.3, -0.25) is 4.21 Å². The minimum absolute atomic E-state index is 0.257. The summed E-state index contributed by atoms with van der Waals surface area (Å²) in [5.41, 5.74) is 4.53. The van der Waals surface area contributed by atoms with E-state index in [1.165, 1.54) is 12.1 Å². The topological polar surface area (TPSA) is 57.2 Å². The Bertz CT molecular complexity index is 940. The summed E-state index contributed by atoms with van der Waals surface area (Å²) in [6, 6.07) is 11.7. The van der Waals surface area contributed by atoms with Gasteiger partial charge in [-0.05, 0) is 70.7 Å². The smallest absolute Gasteiger partial charge is 0.123 e. The molecule has 0 aliphatic heterocycles. The average molecular weight is 355 g/mol. The number of carboxylic acids is 1. The lowest BCUT2D eigenvalue weighted by molar-refractivity contribution is -0.304. The Kier molecular flexibility index (Phi) is 4.68. The molecule has 1 atom stereocenters. The first-order valence-corrected chi connectivity index (χ1v) is 9.28. The van der Waals surface area contributed by atoms with Crippen LogP contribution in [-0.4, -0.2) is 16.4 Å². The third-order valence-corrected chi connectivity index (χ3v) is 5.23. The normalized spacial score (nSPS) is 16.2. The molecule has 2 aromatic rings. The highest BCUT2D eigenvalue weighted by atomic mass is 32.2. The number of aliphatic carboxylic acids is 1. The van der Waals surface area contributed by atoms with Crippen molar-refractivity contribution in [1.29, 1.82) is 0 Å². The first-order chi connectivity index (χ1) is 11.9. The molecule has 0 bridgehead atoms. The van der Waals surface area contributed by atoms with Crippen LogP contribution in [0.15, 0.2) is 52.9 Å². The Balaban J connectivity index is 2.10. The van der Waals surface area contributed by atoms with E-state index in [1.54, 1.807) is 24.5 Å². The summed E-state index contributed by atoms with van der Waals surface area (Å²) in [5.74, 6) is -1.60. The Morgan fingerprint density at radius 2 is 1.84 bits per heavy atom. The van der Waals surface area contributed by atoms with Crippen LogP contribution in [0.2, 0.25) is 0 Å². The van der Waals surface area contributed by atoms with Gasteiger partial charge < -0.3 is 9.90 Å². The molecule has 1 aliphatic carbocycles. The summed E-state index contributed by atoms with van der Waals surface area (Å²) in [6.45, 7) is 1.83. The van der Waals surface area contributed by atoms with Gasteiger partial charge in [0.25, 0.3) is 0 Å². The number of halogens is 1. The molecule has 0 fully saturated rings. The lowest BCUT2D eigenvalue weighted by atomic mass is 10.0. The lowest BCUT2D eigenvalue weighted by Gasteiger charge is -2.06. The fraction of sp³-hybridized carbons (Fsp3) is 0.150. The zero-order valence-electron chi connectivity index (χ0n) is 13.8. The largest absolute Gasteiger partial charge is 0.550 e. The van der Waals surface area contributed by atoms with Gasteiger partial charge in [-0.25, -0.2) is 4.39 Å². The van der Waals surface area contributed by atoms with Gasteiger partial charge >= 0.3 is 0 Å². The van der Waals surface area contributed by atoms with Crippen LogP contribution in [0.5, 0.6) is 0 Å². The van der Waals surface area contributed by atoms with E-state index in [0.717, 1.165) is 27.2 Å². The molecule has 2 aromatic carbocycles. The molecular weight excluding hydrogens is 339 g/mol. The first kappa shape index (κ1) is 17.3. The van der Waals surface area contributed by atoms with Crippen molar-refractivity contribution >= 4 is 34.0 Å². The van der Waals surface area contributed by atoms with Gasteiger partial charge in [-0.1, -0.05) is 18.2 Å². The van der Waals surface area contributed by atoms with Gasteiger partial charge in [-0.2, -0.15) is 0 Å². The van der Waals surface area contributed by atoms with Crippen LogP contribution in [0.3, 0.4) is 0 Å². The monoisotopic (exact) mass is 355 g/mol. The number of carbonyl (C=O) groups is 1. The van der Waals surface area contributed by atoms with Crippen LogP contribution in [0.25, 0.3) is 17.2 Å². The van der Waals surface area contributed by atoms with Crippen molar-refractivity contribution in [1.82, 2.24) is 0 Å². The van der Waals surface area contributed by atoms with Crippen molar-refractivity contribution < 1.29 is 18.5 Å². The van der Waals surface area contributed by atoms with Crippen molar-refractivity contribution in [3.05, 3.63) is 70.5 Å². The predicted molar refractivity (Wildman–Crippen MR) is 95.3 cm³/mol. The molecule has 0 saturated heterocycles. The maximum Gasteiger partial charge on any atom is 0.123 e. The minimum atomic E-state index is -1.19. The van der Waals surface area contributed by atoms with E-state index in [0.29, 0.717) is 11.1 Å². The fourth-order valence-corrected chi connectivity index (χ4v) is 3.57. The van der Waals surface area contributed by atoms with Crippen LogP contribution in [0.4, 0.5) is 4.39 Å². The standard InChI is InChI=1S/C20H17FO3S/c1-12-17(9-13-3-6-15(7-4-13)25(2)24)16-8-5-14(21)10-19(16)18(12)11-20(22)23/h3-10H,11H2,1-2H3,(H,22,23)/p-1/b17-9-. The molecule has 0 amide bonds. The van der Waals surface area contributed by atoms with Crippen molar-refractivity contribution in [2.45, 2.75) is 18.2 Å². The summed E-state index contributed by atoms with van der Waals surface area (Å²) in [4.78, 5) is 11.8. The summed E-state index contributed by atoms with van der Waals surface area (Å²) in [7, 11) is -1.04. The Labute approximate surface area is 148 Å². The number of fused-ring (bicyclic) bond motifs is 1. The molecule has 1 aliphatic rings. The van der Waals surface area contributed by atoms with Gasteiger partial charge in [0.2, 0.25) is 0 Å². The van der Waals surface area contributed by atoms with E-state index in [1.807, 2.05) is 25.1 Å². The van der Waals surface area contributed by atoms with Crippen LogP contribution in [0, 0.1) is 5.82 Å². The summed E-state index contributed by atoms with van der Waals surface area (Å²) < 4.78 is 25.1. The third-order valence-electron chi connectivity index (χ3n) is 4.30. The lowest BCUT2D eigenvalue weighted by Crippen LogP contribution is -2.22. The van der Waals surface area contributed by atoms with Gasteiger partial charge in [0.15, 0.2) is 0 Å². The molecule has 0 spiro atoms. The highest BCUT2D eigenvalue weighted by Crippen LogP contribution is 2.43. The minimum Gasteiger partial charge on any atom is -0.550 e. The molecule has 1 unspecified atom stereocenters. The summed E-state index contributed by atoms with van der Waals surface area (Å²) in [5, 5.41) is 11.1. The predicted octanol–water partition coefficient (Wildman–Crippen LogP) is 3.03. The third kappa shape index (κ3) is 3.46. The van der Waals surface area contributed by atoms with Crippen LogP contribution < -0.4 is 5.11 Å². The quantitative estimate of drug-likeness (QED) is 0.847. The van der Waals surface area contributed by atoms with Crippen LogP contribution in [0.1, 0.15) is 30.0 Å². The van der Waals surface area contributed by atoms with Gasteiger partial charge in [0, 0.05) is 34.3 Å². The van der Waals surface area contributed by atoms with Gasteiger partial charge in [0.05, 0.1) is 0 Å². The number of allylic oxidation sites excluding steroid dienone is 2. The molecule has 3 nitrogen and oxygen atoms in total. The molecular formula is C20H16FO3S-. The second kappa shape index (κ2) is 6.76. The molecule has 25 heavy (non-hydrogen) atoms. The molecule has 0 N–H and O–H groups in total. The Hall–Kier alpha value is -2.53. The number of benzene rings is 2. The second-order valence-electron chi connectivity index (χ2n) is 5.92. The van der Waals surface area contributed by atoms with Crippen molar-refractivity contribution in [3.8, 4) is 0 Å². The highest BCUT2D eigenvalue weighted by molar-refractivity contribution is 7.84. The maximum atomic E-state index is 13.6. The van der Waals surface area contributed by atoms with Crippen LogP contribution >= 0.6 is 0 Å². The first-order valence-electron chi connectivity index (χ1n) is 7.72. The van der Waals surface area contributed by atoms with Gasteiger partial charge in [-0.15, -0.1) is 0 Å². The zero-order valence-corrected chi connectivity index (χ0v) is 14.7. The van der Waals surface area contributed by atoms with E-state index in [4.69, 9.17) is 0 Å². The Morgan fingerprint density at radius 1 is 1.16 bits per heavy atom. The van der Waals surface area contributed by atoms with E-state index >= 15 is 0 Å². The van der Waals surface area contributed by atoms with Crippen molar-refractivity contribution in [2.75, 3.05) is 6.26 Å². The Morgan fingerprint density at radius 3 is 2.44 bits per heavy atom. The zero-order chi connectivity index (χ0) is 18.1. The molecule has 0 aromatic heterocycles. The maximum absolute atomic E-state index is 13.6. The number of hydrogen-bond acceptors (Lipinski definition) is 3. The van der Waals surface area contributed by atoms with Gasteiger partial charge in [0.1, 0.15) is 5.82 Å². The number of hydrogen-bond donors (Lipinski definition) is 0. The number of carboxylic acid groups (broad SMARTS) is 1. The van der Waals surface area contributed by atoms with E-state index in [2.05, 4.69) is 0 Å². The second-order valence-corrected chi connectivity index (χ2v) is 7.30. The SMILES string of the molecule is CC1=C(CC(=O)[O-])c2cc(F)ccc2/C1=C\c1ccc(S(C)=O)cc1. The number of rotatable bonds is 4.